The lowest BCUT2D eigenvalue weighted by atomic mass is 9.99. The van der Waals surface area contributed by atoms with Crippen LogP contribution in [0.25, 0.3) is 5.65 Å². The topological polar surface area (TPSA) is 63.6 Å². The van der Waals surface area contributed by atoms with E-state index in [1.165, 1.54) is 12.0 Å². The number of carbonyl (C=O) groups is 1. The van der Waals surface area contributed by atoms with Gasteiger partial charge in [0.25, 0.3) is 5.91 Å². The van der Waals surface area contributed by atoms with Crippen molar-refractivity contribution < 1.29 is 4.79 Å². The minimum Gasteiger partial charge on any atom is -0.365 e. The lowest BCUT2D eigenvalue weighted by Gasteiger charge is -2.17. The molecule has 24 heavy (non-hydrogen) atoms. The zero-order valence-corrected chi connectivity index (χ0v) is 13.4. The predicted octanol–water partition coefficient (Wildman–Crippen LogP) is 2.42. The van der Waals surface area contributed by atoms with Gasteiger partial charge in [0.1, 0.15) is 5.65 Å². The van der Waals surface area contributed by atoms with Gasteiger partial charge in [0.2, 0.25) is 0 Å². The Balaban J connectivity index is 1.54. The Morgan fingerprint density at radius 3 is 2.92 bits per heavy atom. The fourth-order valence-corrected chi connectivity index (χ4v) is 3.59. The molecule has 1 atom stereocenters. The zero-order chi connectivity index (χ0) is 16.5. The van der Waals surface area contributed by atoms with Crippen molar-refractivity contribution in [1.82, 2.24) is 14.3 Å². The van der Waals surface area contributed by atoms with Crippen LogP contribution >= 0.6 is 0 Å². The maximum absolute atomic E-state index is 11.7. The summed E-state index contributed by atoms with van der Waals surface area (Å²) in [7, 11) is 0. The minimum atomic E-state index is -0.434. The summed E-state index contributed by atoms with van der Waals surface area (Å²) < 4.78 is 1.88. The standard InChI is InChI=1S/C19H20N4O/c20-18(24)17-10-14(12-23-9-7-21-19(17)23)11-22-8-6-16(13-22)15-4-2-1-3-5-15/h1-5,7,9-10,12,16H,6,8,11,13H2,(H2,20,24). The van der Waals surface area contributed by atoms with Crippen LogP contribution in [0, 0.1) is 0 Å². The summed E-state index contributed by atoms with van der Waals surface area (Å²) >= 11 is 0. The number of carbonyl (C=O) groups excluding carboxylic acids is 1. The molecule has 1 amide bonds. The van der Waals surface area contributed by atoms with Crippen molar-refractivity contribution in [3.8, 4) is 0 Å². The second kappa shape index (κ2) is 6.09. The molecule has 5 nitrogen and oxygen atoms in total. The number of benzene rings is 1. The van der Waals surface area contributed by atoms with Gasteiger partial charge in [-0.15, -0.1) is 0 Å². The van der Waals surface area contributed by atoms with Gasteiger partial charge >= 0.3 is 0 Å². The molecule has 1 fully saturated rings. The number of primary amides is 1. The van der Waals surface area contributed by atoms with Crippen LogP contribution < -0.4 is 5.73 Å². The van der Waals surface area contributed by atoms with Crippen molar-refractivity contribution in [3.05, 3.63) is 71.7 Å². The first-order valence-electron chi connectivity index (χ1n) is 8.23. The highest BCUT2D eigenvalue weighted by atomic mass is 16.1. The van der Waals surface area contributed by atoms with Gasteiger partial charge in [0, 0.05) is 31.7 Å². The summed E-state index contributed by atoms with van der Waals surface area (Å²) in [6.07, 6.45) is 6.74. The quantitative estimate of drug-likeness (QED) is 0.803. The zero-order valence-electron chi connectivity index (χ0n) is 13.4. The number of pyridine rings is 1. The molecule has 3 aromatic rings. The Labute approximate surface area is 140 Å². The lowest BCUT2D eigenvalue weighted by Crippen LogP contribution is -2.21. The van der Waals surface area contributed by atoms with Crippen LogP contribution in [0.2, 0.25) is 0 Å². The number of rotatable bonds is 4. The average molecular weight is 320 g/mol. The summed E-state index contributed by atoms with van der Waals surface area (Å²) in [4.78, 5) is 18.3. The molecule has 0 aliphatic carbocycles. The largest absolute Gasteiger partial charge is 0.365 e. The van der Waals surface area contributed by atoms with Gasteiger partial charge in [0.05, 0.1) is 5.56 Å². The maximum Gasteiger partial charge on any atom is 0.252 e. The van der Waals surface area contributed by atoms with Gasteiger partial charge in [-0.1, -0.05) is 30.3 Å². The first kappa shape index (κ1) is 14.9. The molecule has 3 heterocycles. The van der Waals surface area contributed by atoms with E-state index < -0.39 is 5.91 Å². The number of aromatic nitrogens is 2. The van der Waals surface area contributed by atoms with Gasteiger partial charge < -0.3 is 10.1 Å². The van der Waals surface area contributed by atoms with E-state index in [1.807, 2.05) is 22.9 Å². The number of fused-ring (bicyclic) bond motifs is 1. The van der Waals surface area contributed by atoms with Gasteiger partial charge in [0.15, 0.2) is 0 Å². The molecule has 0 bridgehead atoms. The van der Waals surface area contributed by atoms with Crippen LogP contribution in [-0.4, -0.2) is 33.3 Å². The molecule has 0 spiro atoms. The summed E-state index contributed by atoms with van der Waals surface area (Å²) in [5.41, 5.74) is 9.10. The number of nitrogens with two attached hydrogens (primary N) is 1. The SMILES string of the molecule is NC(=O)c1cc(CN2CCC(c3ccccc3)C2)cn2ccnc12. The number of imidazole rings is 1. The van der Waals surface area contributed by atoms with Crippen molar-refractivity contribution in [2.45, 2.75) is 18.9 Å². The molecule has 2 N–H and O–H groups in total. The Kier molecular flexibility index (Phi) is 3.78. The molecule has 4 rings (SSSR count). The Bertz CT molecular complexity index is 871. The van der Waals surface area contributed by atoms with Crippen LogP contribution in [0.5, 0.6) is 0 Å². The molecule has 1 saturated heterocycles. The van der Waals surface area contributed by atoms with E-state index in [4.69, 9.17) is 5.73 Å². The lowest BCUT2D eigenvalue weighted by molar-refractivity contribution is 0.100. The molecule has 0 saturated carbocycles. The second-order valence-corrected chi connectivity index (χ2v) is 6.42. The number of hydrogen-bond donors (Lipinski definition) is 1. The van der Waals surface area contributed by atoms with Gasteiger partial charge in [-0.2, -0.15) is 0 Å². The second-order valence-electron chi connectivity index (χ2n) is 6.42. The Morgan fingerprint density at radius 1 is 1.29 bits per heavy atom. The third kappa shape index (κ3) is 2.78. The van der Waals surface area contributed by atoms with E-state index in [2.05, 4.69) is 40.2 Å². The summed E-state index contributed by atoms with van der Waals surface area (Å²) in [6.45, 7) is 2.92. The van der Waals surface area contributed by atoms with Crippen LogP contribution in [0.3, 0.4) is 0 Å². The highest BCUT2D eigenvalue weighted by molar-refractivity contribution is 5.98. The molecule has 1 unspecified atom stereocenters. The minimum absolute atomic E-state index is 0.434. The van der Waals surface area contributed by atoms with Crippen LogP contribution in [-0.2, 0) is 6.54 Å². The third-order valence-corrected chi connectivity index (χ3v) is 4.76. The molecule has 0 radical (unpaired) electrons. The molecule has 1 aromatic carbocycles. The maximum atomic E-state index is 11.7. The molecular formula is C19H20N4O. The Hall–Kier alpha value is -2.66. The smallest absolute Gasteiger partial charge is 0.252 e. The average Bonchev–Trinajstić information content (AvgIpc) is 3.24. The fraction of sp³-hybridized carbons (Fsp3) is 0.263. The van der Waals surface area contributed by atoms with Crippen molar-refractivity contribution in [1.29, 1.82) is 0 Å². The fourth-order valence-electron chi connectivity index (χ4n) is 3.59. The van der Waals surface area contributed by atoms with E-state index >= 15 is 0 Å². The van der Waals surface area contributed by atoms with E-state index in [0.717, 1.165) is 25.2 Å². The van der Waals surface area contributed by atoms with Crippen molar-refractivity contribution in [2.24, 2.45) is 5.73 Å². The van der Waals surface area contributed by atoms with Gasteiger partial charge in [-0.05, 0) is 36.1 Å². The molecule has 122 valence electrons. The Morgan fingerprint density at radius 2 is 2.12 bits per heavy atom. The van der Waals surface area contributed by atoms with E-state index in [1.54, 1.807) is 6.20 Å². The highest BCUT2D eigenvalue weighted by Gasteiger charge is 2.24. The number of nitrogens with zero attached hydrogens (tertiary/aromatic N) is 3. The monoisotopic (exact) mass is 320 g/mol. The van der Waals surface area contributed by atoms with E-state index in [0.29, 0.717) is 17.1 Å². The third-order valence-electron chi connectivity index (χ3n) is 4.76. The summed E-state index contributed by atoms with van der Waals surface area (Å²) in [5, 5.41) is 0. The summed E-state index contributed by atoms with van der Waals surface area (Å²) in [6, 6.07) is 12.5. The van der Waals surface area contributed by atoms with E-state index in [9.17, 15) is 4.79 Å². The molecule has 2 aromatic heterocycles. The molecule has 5 heteroatoms. The highest BCUT2D eigenvalue weighted by Crippen LogP contribution is 2.28. The van der Waals surface area contributed by atoms with Gasteiger partial charge in [-0.3, -0.25) is 9.69 Å². The predicted molar refractivity (Wildman–Crippen MR) is 92.8 cm³/mol. The van der Waals surface area contributed by atoms with Gasteiger partial charge in [-0.25, -0.2) is 4.98 Å². The summed E-state index contributed by atoms with van der Waals surface area (Å²) in [5.74, 6) is 0.149. The van der Waals surface area contributed by atoms with E-state index in [-0.39, 0.29) is 0 Å². The molecule has 1 aliphatic heterocycles. The van der Waals surface area contributed by atoms with Crippen LogP contribution in [0.4, 0.5) is 0 Å². The van der Waals surface area contributed by atoms with Crippen molar-refractivity contribution in [3.63, 3.8) is 0 Å². The number of amides is 1. The number of hydrogen-bond acceptors (Lipinski definition) is 3. The number of likely N-dealkylation sites (tertiary alicyclic amines) is 1. The van der Waals surface area contributed by atoms with Crippen LogP contribution in [0.15, 0.2) is 55.0 Å². The van der Waals surface area contributed by atoms with Crippen LogP contribution in [0.1, 0.15) is 33.8 Å². The molecule has 1 aliphatic rings. The van der Waals surface area contributed by atoms with Crippen molar-refractivity contribution in [2.75, 3.05) is 13.1 Å². The molecular weight excluding hydrogens is 300 g/mol. The normalized spacial score (nSPS) is 18.2. The van der Waals surface area contributed by atoms with Crippen molar-refractivity contribution >= 4 is 11.6 Å². The first-order chi connectivity index (χ1) is 11.7. The first-order valence-corrected chi connectivity index (χ1v) is 8.23.